The number of allylic oxidation sites excluding steroid dienone is 1. The Balaban J connectivity index is 2.17. The first-order chi connectivity index (χ1) is 7.31. The molecule has 15 heavy (non-hydrogen) atoms. The second-order valence-corrected chi connectivity index (χ2v) is 3.83. The molecular formula is C11H10BrNO2. The second kappa shape index (κ2) is 4.57. The molecule has 0 saturated carbocycles. The normalized spacial score (nSPS) is 23.9. The molecule has 4 heteroatoms. The SMILES string of the molecule is O=C1O/C(=C\Br)CCC1c1cccnc1. The molecule has 1 aromatic heterocycles. The van der Waals surface area contributed by atoms with E-state index in [1.165, 1.54) is 0 Å². The van der Waals surface area contributed by atoms with Gasteiger partial charge in [-0.3, -0.25) is 9.78 Å². The summed E-state index contributed by atoms with van der Waals surface area (Å²) in [6.07, 6.45) is 4.97. The standard InChI is InChI=1S/C11H10BrNO2/c12-6-9-3-4-10(11(14)15-9)8-2-1-5-13-7-8/h1-2,5-7,10H,3-4H2/b9-6-. The quantitative estimate of drug-likeness (QED) is 0.735. The Hall–Kier alpha value is -1.16. The van der Waals surface area contributed by atoms with E-state index in [4.69, 9.17) is 4.74 Å². The first kappa shape index (κ1) is 10.4. The molecule has 0 N–H and O–H groups in total. The lowest BCUT2D eigenvalue weighted by molar-refractivity contribution is -0.143. The fourth-order valence-electron chi connectivity index (χ4n) is 1.62. The zero-order valence-electron chi connectivity index (χ0n) is 8.02. The molecule has 0 spiro atoms. The van der Waals surface area contributed by atoms with Crippen LogP contribution in [0, 0.1) is 0 Å². The third-order valence-electron chi connectivity index (χ3n) is 2.40. The lowest BCUT2D eigenvalue weighted by atomic mass is 9.93. The van der Waals surface area contributed by atoms with Crippen LogP contribution in [0.3, 0.4) is 0 Å². The van der Waals surface area contributed by atoms with Crippen molar-refractivity contribution in [3.05, 3.63) is 40.8 Å². The fraction of sp³-hybridized carbons (Fsp3) is 0.273. The van der Waals surface area contributed by atoms with Crippen molar-refractivity contribution in [2.24, 2.45) is 0 Å². The summed E-state index contributed by atoms with van der Waals surface area (Å²) >= 11 is 3.16. The Morgan fingerprint density at radius 1 is 1.60 bits per heavy atom. The molecule has 1 aliphatic heterocycles. The average molecular weight is 268 g/mol. The average Bonchev–Trinajstić information content (AvgIpc) is 2.30. The Labute approximate surface area is 96.3 Å². The van der Waals surface area contributed by atoms with Gasteiger partial charge in [-0.2, -0.15) is 0 Å². The largest absolute Gasteiger partial charge is 0.430 e. The van der Waals surface area contributed by atoms with Gasteiger partial charge in [0, 0.05) is 23.8 Å². The predicted molar refractivity (Wildman–Crippen MR) is 59.3 cm³/mol. The van der Waals surface area contributed by atoms with E-state index in [1.807, 2.05) is 12.1 Å². The van der Waals surface area contributed by atoms with Gasteiger partial charge in [0.25, 0.3) is 0 Å². The van der Waals surface area contributed by atoms with Crippen LogP contribution >= 0.6 is 15.9 Å². The summed E-state index contributed by atoms with van der Waals surface area (Å²) in [4.78, 5) is 17.3. The lowest BCUT2D eigenvalue weighted by Gasteiger charge is -2.22. The smallest absolute Gasteiger partial charge is 0.318 e. The maximum Gasteiger partial charge on any atom is 0.318 e. The number of nitrogens with zero attached hydrogens (tertiary/aromatic N) is 1. The molecule has 1 aromatic rings. The van der Waals surface area contributed by atoms with Crippen LogP contribution in [0.25, 0.3) is 0 Å². The Bertz CT molecular complexity index is 389. The van der Waals surface area contributed by atoms with Gasteiger partial charge in [0.05, 0.1) is 5.92 Å². The van der Waals surface area contributed by atoms with Crippen molar-refractivity contribution in [2.45, 2.75) is 18.8 Å². The Morgan fingerprint density at radius 3 is 3.07 bits per heavy atom. The molecule has 0 radical (unpaired) electrons. The van der Waals surface area contributed by atoms with Crippen molar-refractivity contribution in [3.63, 3.8) is 0 Å². The highest BCUT2D eigenvalue weighted by Crippen LogP contribution is 2.30. The van der Waals surface area contributed by atoms with Crippen LogP contribution in [0.5, 0.6) is 0 Å². The number of rotatable bonds is 1. The summed E-state index contributed by atoms with van der Waals surface area (Å²) in [6, 6.07) is 3.74. The van der Waals surface area contributed by atoms with E-state index >= 15 is 0 Å². The van der Waals surface area contributed by atoms with Gasteiger partial charge in [-0.05, 0) is 18.1 Å². The van der Waals surface area contributed by atoms with Crippen molar-refractivity contribution in [1.82, 2.24) is 4.98 Å². The number of aromatic nitrogens is 1. The van der Waals surface area contributed by atoms with Gasteiger partial charge in [-0.15, -0.1) is 0 Å². The predicted octanol–water partition coefficient (Wildman–Crippen LogP) is 2.74. The van der Waals surface area contributed by atoms with Crippen molar-refractivity contribution >= 4 is 21.9 Å². The molecule has 1 unspecified atom stereocenters. The summed E-state index contributed by atoms with van der Waals surface area (Å²) in [5, 5.41) is 0. The summed E-state index contributed by atoms with van der Waals surface area (Å²) < 4.78 is 5.15. The van der Waals surface area contributed by atoms with E-state index in [2.05, 4.69) is 20.9 Å². The summed E-state index contributed by atoms with van der Waals surface area (Å²) in [7, 11) is 0. The van der Waals surface area contributed by atoms with E-state index in [-0.39, 0.29) is 11.9 Å². The summed E-state index contributed by atoms with van der Waals surface area (Å²) in [5.74, 6) is 0.329. The van der Waals surface area contributed by atoms with Gasteiger partial charge in [-0.25, -0.2) is 0 Å². The Kier molecular flexibility index (Phi) is 3.16. The molecule has 0 aliphatic carbocycles. The molecule has 0 bridgehead atoms. The minimum Gasteiger partial charge on any atom is -0.430 e. The maximum absolute atomic E-state index is 11.7. The lowest BCUT2D eigenvalue weighted by Crippen LogP contribution is -2.21. The molecule has 0 amide bonds. The zero-order valence-corrected chi connectivity index (χ0v) is 9.61. The molecule has 1 fully saturated rings. The van der Waals surface area contributed by atoms with Crippen molar-refractivity contribution < 1.29 is 9.53 Å². The topological polar surface area (TPSA) is 39.2 Å². The highest BCUT2D eigenvalue weighted by atomic mass is 79.9. The van der Waals surface area contributed by atoms with Crippen LogP contribution in [0.2, 0.25) is 0 Å². The highest BCUT2D eigenvalue weighted by Gasteiger charge is 2.28. The molecule has 3 nitrogen and oxygen atoms in total. The number of carbonyl (C=O) groups is 1. The minimum absolute atomic E-state index is 0.171. The van der Waals surface area contributed by atoms with E-state index < -0.39 is 0 Å². The van der Waals surface area contributed by atoms with E-state index in [0.717, 1.165) is 18.4 Å². The first-order valence-corrected chi connectivity index (χ1v) is 5.63. The molecule has 2 rings (SSSR count). The van der Waals surface area contributed by atoms with Gasteiger partial charge in [0.1, 0.15) is 5.76 Å². The third-order valence-corrected chi connectivity index (χ3v) is 2.91. The number of cyclic esters (lactones) is 1. The van der Waals surface area contributed by atoms with Crippen LogP contribution in [-0.4, -0.2) is 11.0 Å². The van der Waals surface area contributed by atoms with Crippen molar-refractivity contribution in [1.29, 1.82) is 0 Å². The van der Waals surface area contributed by atoms with Gasteiger partial charge >= 0.3 is 5.97 Å². The Morgan fingerprint density at radius 2 is 2.47 bits per heavy atom. The summed E-state index contributed by atoms with van der Waals surface area (Å²) in [5.41, 5.74) is 0.927. The molecule has 1 saturated heterocycles. The second-order valence-electron chi connectivity index (χ2n) is 3.37. The van der Waals surface area contributed by atoms with Gasteiger partial charge in [0.15, 0.2) is 0 Å². The molecular weight excluding hydrogens is 258 g/mol. The number of hydrogen-bond donors (Lipinski definition) is 0. The fourth-order valence-corrected chi connectivity index (χ4v) is 1.94. The first-order valence-electron chi connectivity index (χ1n) is 4.72. The van der Waals surface area contributed by atoms with Crippen LogP contribution < -0.4 is 0 Å². The zero-order chi connectivity index (χ0) is 10.7. The molecule has 1 aliphatic rings. The van der Waals surface area contributed by atoms with Crippen molar-refractivity contribution in [2.75, 3.05) is 0 Å². The maximum atomic E-state index is 11.7. The van der Waals surface area contributed by atoms with E-state index in [1.54, 1.807) is 17.4 Å². The van der Waals surface area contributed by atoms with Crippen LogP contribution in [0.4, 0.5) is 0 Å². The number of ether oxygens (including phenoxy) is 1. The molecule has 0 aromatic carbocycles. The van der Waals surface area contributed by atoms with Gasteiger partial charge in [-0.1, -0.05) is 22.0 Å². The molecule has 2 heterocycles. The third kappa shape index (κ3) is 2.26. The van der Waals surface area contributed by atoms with Crippen LogP contribution in [0.15, 0.2) is 35.3 Å². The van der Waals surface area contributed by atoms with Crippen molar-refractivity contribution in [3.8, 4) is 0 Å². The summed E-state index contributed by atoms with van der Waals surface area (Å²) in [6.45, 7) is 0. The monoisotopic (exact) mass is 267 g/mol. The minimum atomic E-state index is -0.194. The number of hydrogen-bond acceptors (Lipinski definition) is 3. The van der Waals surface area contributed by atoms with Crippen LogP contribution in [0.1, 0.15) is 24.3 Å². The highest BCUT2D eigenvalue weighted by molar-refractivity contribution is 9.11. The number of halogens is 1. The molecule has 78 valence electrons. The number of carbonyl (C=O) groups excluding carboxylic acids is 1. The van der Waals surface area contributed by atoms with Crippen LogP contribution in [-0.2, 0) is 9.53 Å². The van der Waals surface area contributed by atoms with Gasteiger partial charge in [0.2, 0.25) is 0 Å². The van der Waals surface area contributed by atoms with Gasteiger partial charge < -0.3 is 4.74 Å². The van der Waals surface area contributed by atoms with E-state index in [0.29, 0.717) is 5.76 Å². The number of pyridine rings is 1. The molecule has 1 atom stereocenters. The van der Waals surface area contributed by atoms with E-state index in [9.17, 15) is 4.79 Å². The number of esters is 1.